The number of carbonyl (C=O) groups excluding carboxylic acids is 1. The number of ether oxygens (including phenoxy) is 1. The van der Waals surface area contributed by atoms with Gasteiger partial charge in [0.1, 0.15) is 5.75 Å². The summed E-state index contributed by atoms with van der Waals surface area (Å²) < 4.78 is 6.20. The van der Waals surface area contributed by atoms with Crippen molar-refractivity contribution in [3.63, 3.8) is 0 Å². The fraction of sp³-hybridized carbons (Fsp3) is 0.0714. The minimum absolute atomic E-state index is 0.299. The first-order chi connectivity index (χ1) is 8.15. The van der Waals surface area contributed by atoms with Crippen LogP contribution in [0.1, 0.15) is 6.92 Å². The topological polar surface area (TPSA) is 26.3 Å². The van der Waals surface area contributed by atoms with E-state index >= 15 is 0 Å². The lowest BCUT2D eigenvalue weighted by molar-refractivity contribution is -0.131. The van der Waals surface area contributed by atoms with E-state index in [1.54, 1.807) is 12.1 Å². The molecule has 0 fully saturated rings. The Labute approximate surface area is 114 Å². The Hall–Kier alpha value is -1.36. The van der Waals surface area contributed by atoms with Gasteiger partial charge in [-0.3, -0.25) is 4.79 Å². The summed E-state index contributed by atoms with van der Waals surface area (Å²) >= 11 is 2.28. The third kappa shape index (κ3) is 3.30. The summed E-state index contributed by atoms with van der Waals surface area (Å²) in [4.78, 5) is 10.8. The minimum Gasteiger partial charge on any atom is -0.427 e. The highest BCUT2D eigenvalue weighted by Gasteiger charge is 2.00. The molecule has 0 spiro atoms. The van der Waals surface area contributed by atoms with Crippen LogP contribution in [-0.4, -0.2) is 5.97 Å². The van der Waals surface area contributed by atoms with Crippen LogP contribution in [0.5, 0.6) is 5.75 Å². The summed E-state index contributed by atoms with van der Waals surface area (Å²) in [5.74, 6) is 0.277. The second kappa shape index (κ2) is 5.31. The molecule has 2 aromatic rings. The molecule has 0 amide bonds. The molecule has 2 rings (SSSR count). The van der Waals surface area contributed by atoms with Gasteiger partial charge < -0.3 is 4.74 Å². The summed E-state index contributed by atoms with van der Waals surface area (Å²) in [7, 11) is 0. The first kappa shape index (κ1) is 12.1. The molecule has 2 nitrogen and oxygen atoms in total. The zero-order chi connectivity index (χ0) is 12.3. The van der Waals surface area contributed by atoms with Crippen molar-refractivity contribution in [1.29, 1.82) is 0 Å². The summed E-state index contributed by atoms with van der Waals surface area (Å²) in [6, 6.07) is 15.8. The standard InChI is InChI=1S/C14H11IO2/c1-10(16)17-14-8-4-12(5-9-14)11-2-6-13(15)7-3-11/h2-9H,1H3. The Kier molecular flexibility index (Phi) is 3.78. The van der Waals surface area contributed by atoms with E-state index in [0.29, 0.717) is 5.75 Å². The van der Waals surface area contributed by atoms with E-state index in [9.17, 15) is 4.79 Å². The molecule has 86 valence electrons. The largest absolute Gasteiger partial charge is 0.427 e. The van der Waals surface area contributed by atoms with Gasteiger partial charge in [0.2, 0.25) is 0 Å². The van der Waals surface area contributed by atoms with Crippen LogP contribution in [0.2, 0.25) is 0 Å². The quantitative estimate of drug-likeness (QED) is 0.472. The lowest BCUT2D eigenvalue weighted by Gasteiger charge is -2.04. The van der Waals surface area contributed by atoms with Crippen LogP contribution in [0, 0.1) is 3.57 Å². The van der Waals surface area contributed by atoms with E-state index in [0.717, 1.165) is 11.1 Å². The highest BCUT2D eigenvalue weighted by molar-refractivity contribution is 14.1. The molecule has 0 aliphatic heterocycles. The van der Waals surface area contributed by atoms with E-state index < -0.39 is 0 Å². The predicted molar refractivity (Wildman–Crippen MR) is 75.9 cm³/mol. The zero-order valence-corrected chi connectivity index (χ0v) is 11.5. The highest BCUT2D eigenvalue weighted by atomic mass is 127. The van der Waals surface area contributed by atoms with Crippen LogP contribution >= 0.6 is 22.6 Å². The van der Waals surface area contributed by atoms with Crippen LogP contribution in [0.15, 0.2) is 48.5 Å². The van der Waals surface area contributed by atoms with E-state index in [-0.39, 0.29) is 5.97 Å². The van der Waals surface area contributed by atoms with Gasteiger partial charge >= 0.3 is 5.97 Å². The second-order valence-electron chi connectivity index (χ2n) is 3.62. The van der Waals surface area contributed by atoms with Crippen molar-refractivity contribution in [2.75, 3.05) is 0 Å². The molecule has 0 atom stereocenters. The first-order valence-electron chi connectivity index (χ1n) is 5.19. The van der Waals surface area contributed by atoms with Gasteiger partial charge in [-0.1, -0.05) is 24.3 Å². The third-order valence-corrected chi connectivity index (χ3v) is 3.01. The number of hydrogen-bond donors (Lipinski definition) is 0. The molecular weight excluding hydrogens is 327 g/mol. The molecule has 0 saturated carbocycles. The number of esters is 1. The van der Waals surface area contributed by atoms with Crippen molar-refractivity contribution in [1.82, 2.24) is 0 Å². The van der Waals surface area contributed by atoms with Gasteiger partial charge in [0, 0.05) is 10.5 Å². The minimum atomic E-state index is -0.299. The maximum Gasteiger partial charge on any atom is 0.308 e. The average Bonchev–Trinajstić information content (AvgIpc) is 2.30. The molecular formula is C14H11IO2. The molecule has 0 N–H and O–H groups in total. The van der Waals surface area contributed by atoms with Crippen molar-refractivity contribution in [2.24, 2.45) is 0 Å². The second-order valence-corrected chi connectivity index (χ2v) is 4.87. The van der Waals surface area contributed by atoms with Crippen LogP contribution in [-0.2, 0) is 4.79 Å². The molecule has 2 aromatic carbocycles. The number of halogens is 1. The Morgan fingerprint density at radius 1 is 0.941 bits per heavy atom. The normalized spacial score (nSPS) is 10.0. The average molecular weight is 338 g/mol. The fourth-order valence-corrected chi connectivity index (χ4v) is 1.88. The van der Waals surface area contributed by atoms with Gasteiger partial charge in [0.25, 0.3) is 0 Å². The van der Waals surface area contributed by atoms with Crippen LogP contribution in [0.3, 0.4) is 0 Å². The Morgan fingerprint density at radius 2 is 1.41 bits per heavy atom. The number of carbonyl (C=O) groups is 1. The fourth-order valence-electron chi connectivity index (χ4n) is 1.52. The maximum atomic E-state index is 10.8. The van der Waals surface area contributed by atoms with Gasteiger partial charge in [0.05, 0.1) is 0 Å². The first-order valence-corrected chi connectivity index (χ1v) is 6.27. The highest BCUT2D eigenvalue weighted by Crippen LogP contribution is 2.23. The SMILES string of the molecule is CC(=O)Oc1ccc(-c2ccc(I)cc2)cc1. The number of rotatable bonds is 2. The van der Waals surface area contributed by atoms with Gasteiger partial charge in [-0.2, -0.15) is 0 Å². The van der Waals surface area contributed by atoms with Crippen molar-refractivity contribution < 1.29 is 9.53 Å². The van der Waals surface area contributed by atoms with Crippen molar-refractivity contribution in [3.05, 3.63) is 52.1 Å². The van der Waals surface area contributed by atoms with E-state index in [1.807, 2.05) is 12.1 Å². The van der Waals surface area contributed by atoms with E-state index in [1.165, 1.54) is 10.5 Å². The molecule has 0 radical (unpaired) electrons. The molecule has 3 heteroatoms. The van der Waals surface area contributed by atoms with Gasteiger partial charge in [-0.15, -0.1) is 0 Å². The third-order valence-electron chi connectivity index (χ3n) is 2.29. The summed E-state index contributed by atoms with van der Waals surface area (Å²) in [6.45, 7) is 1.40. The molecule has 0 saturated heterocycles. The zero-order valence-electron chi connectivity index (χ0n) is 9.31. The molecule has 0 aromatic heterocycles. The Morgan fingerprint density at radius 3 is 1.88 bits per heavy atom. The maximum absolute atomic E-state index is 10.8. The Bertz CT molecular complexity index is 515. The summed E-state index contributed by atoms with van der Waals surface area (Å²) in [6.07, 6.45) is 0. The van der Waals surface area contributed by atoms with E-state index in [4.69, 9.17) is 4.74 Å². The lowest BCUT2D eigenvalue weighted by atomic mass is 10.1. The molecule has 0 bridgehead atoms. The van der Waals surface area contributed by atoms with Crippen LogP contribution < -0.4 is 4.74 Å². The van der Waals surface area contributed by atoms with Crippen molar-refractivity contribution in [2.45, 2.75) is 6.92 Å². The monoisotopic (exact) mass is 338 g/mol. The molecule has 0 heterocycles. The predicted octanol–water partition coefficient (Wildman–Crippen LogP) is 3.88. The van der Waals surface area contributed by atoms with Gasteiger partial charge in [-0.25, -0.2) is 0 Å². The van der Waals surface area contributed by atoms with Gasteiger partial charge in [-0.05, 0) is 58.0 Å². The summed E-state index contributed by atoms with van der Waals surface area (Å²) in [5, 5.41) is 0. The number of benzene rings is 2. The van der Waals surface area contributed by atoms with Crippen molar-refractivity contribution in [3.8, 4) is 16.9 Å². The summed E-state index contributed by atoms with van der Waals surface area (Å²) in [5.41, 5.74) is 2.26. The molecule has 0 aliphatic carbocycles. The molecule has 0 aliphatic rings. The van der Waals surface area contributed by atoms with Crippen molar-refractivity contribution >= 4 is 28.6 Å². The van der Waals surface area contributed by atoms with Gasteiger partial charge in [0.15, 0.2) is 0 Å². The van der Waals surface area contributed by atoms with Crippen LogP contribution in [0.25, 0.3) is 11.1 Å². The van der Waals surface area contributed by atoms with E-state index in [2.05, 4.69) is 46.9 Å². The lowest BCUT2D eigenvalue weighted by Crippen LogP contribution is -2.00. The smallest absolute Gasteiger partial charge is 0.308 e. The Balaban J connectivity index is 2.23. The molecule has 0 unspecified atom stereocenters. The molecule has 17 heavy (non-hydrogen) atoms. The van der Waals surface area contributed by atoms with Crippen LogP contribution in [0.4, 0.5) is 0 Å². The number of hydrogen-bond acceptors (Lipinski definition) is 2.